The maximum absolute atomic E-state index is 13.0. The van der Waals surface area contributed by atoms with Crippen LogP contribution in [0.15, 0.2) is 54.6 Å². The topological polar surface area (TPSA) is 54.5 Å². The summed E-state index contributed by atoms with van der Waals surface area (Å²) in [6, 6.07) is 17.6. The van der Waals surface area contributed by atoms with Crippen LogP contribution >= 0.6 is 11.8 Å². The van der Waals surface area contributed by atoms with Gasteiger partial charge in [0, 0.05) is 35.7 Å². The average Bonchev–Trinajstić information content (AvgIpc) is 2.75. The number of rotatable bonds is 5. The van der Waals surface area contributed by atoms with Gasteiger partial charge in [-0.2, -0.15) is 11.8 Å². The summed E-state index contributed by atoms with van der Waals surface area (Å²) in [6.45, 7) is 4.16. The molecule has 1 aromatic heterocycles. The standard InChI is InChI=1S/C22H23N3O2S/c1-2-27-17-9-7-16(8-10-17)23-20-15-21(22(26)25-11-13-28-14-12-25)24-19-6-4-3-5-18(19)20/h3-10,15H,2,11-14H2,1H3,(H,23,24). The molecule has 0 bridgehead atoms. The number of fused-ring (bicyclic) bond motifs is 1. The van der Waals surface area contributed by atoms with Gasteiger partial charge in [0.2, 0.25) is 0 Å². The lowest BCUT2D eigenvalue weighted by Crippen LogP contribution is -2.38. The lowest BCUT2D eigenvalue weighted by molar-refractivity contribution is 0.0767. The van der Waals surface area contributed by atoms with Crippen LogP contribution in [0.5, 0.6) is 5.75 Å². The Labute approximate surface area is 169 Å². The zero-order valence-corrected chi connectivity index (χ0v) is 16.7. The number of para-hydroxylation sites is 1. The largest absolute Gasteiger partial charge is 0.494 e. The zero-order chi connectivity index (χ0) is 19.3. The van der Waals surface area contributed by atoms with Crippen LogP contribution in [0.25, 0.3) is 10.9 Å². The van der Waals surface area contributed by atoms with Crippen LogP contribution in [0.1, 0.15) is 17.4 Å². The number of thioether (sulfide) groups is 1. The molecular formula is C22H23N3O2S. The molecule has 1 N–H and O–H groups in total. The van der Waals surface area contributed by atoms with E-state index in [0.717, 1.165) is 52.6 Å². The molecule has 1 aliphatic rings. The average molecular weight is 394 g/mol. The van der Waals surface area contributed by atoms with Crippen molar-refractivity contribution in [3.05, 3.63) is 60.3 Å². The molecule has 0 atom stereocenters. The Hall–Kier alpha value is -2.73. The second-order valence-electron chi connectivity index (χ2n) is 6.56. The smallest absolute Gasteiger partial charge is 0.272 e. The number of nitrogens with one attached hydrogen (secondary N) is 1. The summed E-state index contributed by atoms with van der Waals surface area (Å²) in [7, 11) is 0. The van der Waals surface area contributed by atoms with Crippen LogP contribution < -0.4 is 10.1 Å². The lowest BCUT2D eigenvalue weighted by atomic mass is 10.1. The van der Waals surface area contributed by atoms with E-state index in [1.165, 1.54) is 0 Å². The Balaban J connectivity index is 1.67. The van der Waals surface area contributed by atoms with E-state index in [1.54, 1.807) is 0 Å². The fourth-order valence-corrected chi connectivity index (χ4v) is 4.18. The van der Waals surface area contributed by atoms with Crippen LogP contribution in [-0.2, 0) is 0 Å². The van der Waals surface area contributed by atoms with Crippen LogP contribution in [0.2, 0.25) is 0 Å². The third kappa shape index (κ3) is 4.07. The first-order valence-electron chi connectivity index (χ1n) is 9.51. The molecular weight excluding hydrogens is 370 g/mol. The van der Waals surface area contributed by atoms with Crippen molar-refractivity contribution in [3.8, 4) is 5.75 Å². The van der Waals surface area contributed by atoms with Crippen LogP contribution in [0, 0.1) is 0 Å². The molecule has 0 spiro atoms. The molecule has 6 heteroatoms. The Kier molecular flexibility index (Phi) is 5.67. The van der Waals surface area contributed by atoms with Gasteiger partial charge in [-0.1, -0.05) is 18.2 Å². The molecule has 0 radical (unpaired) electrons. The molecule has 0 saturated carbocycles. The van der Waals surface area contributed by atoms with Crippen molar-refractivity contribution in [1.29, 1.82) is 0 Å². The van der Waals surface area contributed by atoms with Gasteiger partial charge in [0.05, 0.1) is 17.8 Å². The van der Waals surface area contributed by atoms with E-state index in [-0.39, 0.29) is 5.91 Å². The maximum Gasteiger partial charge on any atom is 0.272 e. The first-order valence-corrected chi connectivity index (χ1v) is 10.7. The maximum atomic E-state index is 13.0. The van der Waals surface area contributed by atoms with Gasteiger partial charge in [-0.15, -0.1) is 0 Å². The fourth-order valence-electron chi connectivity index (χ4n) is 3.27. The van der Waals surface area contributed by atoms with Gasteiger partial charge < -0.3 is 15.0 Å². The van der Waals surface area contributed by atoms with Crippen LogP contribution in [-0.4, -0.2) is 47.0 Å². The molecule has 2 aromatic carbocycles. The fraction of sp³-hybridized carbons (Fsp3) is 0.273. The molecule has 0 unspecified atom stereocenters. The monoisotopic (exact) mass is 393 g/mol. The second kappa shape index (κ2) is 8.52. The van der Waals surface area contributed by atoms with Crippen molar-refractivity contribution < 1.29 is 9.53 Å². The third-order valence-corrected chi connectivity index (χ3v) is 5.62. The van der Waals surface area contributed by atoms with E-state index in [1.807, 2.05) is 78.2 Å². The van der Waals surface area contributed by atoms with Crippen molar-refractivity contribution >= 4 is 39.9 Å². The molecule has 5 nitrogen and oxygen atoms in total. The number of anilines is 2. The Morgan fingerprint density at radius 3 is 2.64 bits per heavy atom. The molecule has 4 rings (SSSR count). The summed E-state index contributed by atoms with van der Waals surface area (Å²) >= 11 is 1.89. The van der Waals surface area contributed by atoms with E-state index in [9.17, 15) is 4.79 Å². The van der Waals surface area contributed by atoms with Gasteiger partial charge in [-0.3, -0.25) is 4.79 Å². The summed E-state index contributed by atoms with van der Waals surface area (Å²) in [5, 5.41) is 4.43. The summed E-state index contributed by atoms with van der Waals surface area (Å²) in [6.07, 6.45) is 0. The van der Waals surface area contributed by atoms with E-state index in [2.05, 4.69) is 10.3 Å². The highest BCUT2D eigenvalue weighted by molar-refractivity contribution is 7.99. The number of ether oxygens (including phenoxy) is 1. The van der Waals surface area contributed by atoms with E-state index in [0.29, 0.717) is 12.3 Å². The molecule has 3 aromatic rings. The lowest BCUT2D eigenvalue weighted by Gasteiger charge is -2.26. The van der Waals surface area contributed by atoms with Crippen molar-refractivity contribution in [3.63, 3.8) is 0 Å². The Morgan fingerprint density at radius 2 is 1.89 bits per heavy atom. The van der Waals surface area contributed by atoms with E-state index >= 15 is 0 Å². The number of carbonyl (C=O) groups excluding carboxylic acids is 1. The minimum Gasteiger partial charge on any atom is -0.494 e. The summed E-state index contributed by atoms with van der Waals surface area (Å²) in [5.41, 5.74) is 3.12. The molecule has 0 aliphatic carbocycles. The molecule has 1 aliphatic heterocycles. The Bertz CT molecular complexity index is 969. The predicted octanol–water partition coefficient (Wildman–Crippen LogP) is 4.57. The molecule has 144 valence electrons. The number of carbonyl (C=O) groups is 1. The zero-order valence-electron chi connectivity index (χ0n) is 15.9. The van der Waals surface area contributed by atoms with Crippen molar-refractivity contribution in [2.24, 2.45) is 0 Å². The first-order chi connectivity index (χ1) is 13.7. The SMILES string of the molecule is CCOc1ccc(Nc2cc(C(=O)N3CCSCC3)nc3ccccc23)cc1. The highest BCUT2D eigenvalue weighted by Crippen LogP contribution is 2.28. The van der Waals surface area contributed by atoms with Gasteiger partial charge in [-0.25, -0.2) is 4.98 Å². The number of pyridine rings is 1. The van der Waals surface area contributed by atoms with E-state index in [4.69, 9.17) is 4.74 Å². The van der Waals surface area contributed by atoms with Gasteiger partial charge in [0.15, 0.2) is 0 Å². The summed E-state index contributed by atoms with van der Waals surface area (Å²) in [5.74, 6) is 2.81. The van der Waals surface area contributed by atoms with Gasteiger partial charge in [0.25, 0.3) is 5.91 Å². The number of hydrogen-bond donors (Lipinski definition) is 1. The summed E-state index contributed by atoms with van der Waals surface area (Å²) in [4.78, 5) is 19.5. The van der Waals surface area contributed by atoms with Gasteiger partial charge >= 0.3 is 0 Å². The normalized spacial score (nSPS) is 14.1. The predicted molar refractivity (Wildman–Crippen MR) is 116 cm³/mol. The minimum atomic E-state index is 0.000738. The number of benzene rings is 2. The second-order valence-corrected chi connectivity index (χ2v) is 7.78. The number of aromatic nitrogens is 1. The molecule has 1 fully saturated rings. The quantitative estimate of drug-likeness (QED) is 0.688. The van der Waals surface area contributed by atoms with Crippen molar-refractivity contribution in [1.82, 2.24) is 9.88 Å². The highest BCUT2D eigenvalue weighted by Gasteiger charge is 2.21. The number of nitrogens with zero attached hydrogens (tertiary/aromatic N) is 2. The van der Waals surface area contributed by atoms with E-state index < -0.39 is 0 Å². The summed E-state index contributed by atoms with van der Waals surface area (Å²) < 4.78 is 5.51. The Morgan fingerprint density at radius 1 is 1.14 bits per heavy atom. The van der Waals surface area contributed by atoms with Gasteiger partial charge in [0.1, 0.15) is 11.4 Å². The third-order valence-electron chi connectivity index (χ3n) is 4.68. The van der Waals surface area contributed by atoms with Crippen LogP contribution in [0.3, 0.4) is 0 Å². The van der Waals surface area contributed by atoms with Crippen molar-refractivity contribution in [2.45, 2.75) is 6.92 Å². The molecule has 1 amide bonds. The highest BCUT2D eigenvalue weighted by atomic mass is 32.2. The first kappa shape index (κ1) is 18.6. The van der Waals surface area contributed by atoms with Crippen molar-refractivity contribution in [2.75, 3.05) is 36.5 Å². The van der Waals surface area contributed by atoms with Crippen LogP contribution in [0.4, 0.5) is 11.4 Å². The van der Waals surface area contributed by atoms with Gasteiger partial charge in [-0.05, 0) is 43.3 Å². The number of hydrogen-bond acceptors (Lipinski definition) is 5. The number of amides is 1. The minimum absolute atomic E-state index is 0.000738. The molecule has 28 heavy (non-hydrogen) atoms. The molecule has 1 saturated heterocycles. The molecule has 2 heterocycles.